The third-order valence-corrected chi connectivity index (χ3v) is 14.2. The van der Waals surface area contributed by atoms with Crippen molar-refractivity contribution in [2.75, 3.05) is 44.6 Å². The molecule has 0 bridgehead atoms. The summed E-state index contributed by atoms with van der Waals surface area (Å²) < 4.78 is 0. The van der Waals surface area contributed by atoms with E-state index in [9.17, 15) is 63.0 Å². The summed E-state index contributed by atoms with van der Waals surface area (Å²) in [4.78, 5) is 154. The number of benzene rings is 3. The molecule has 4 rings (SSSR count). The minimum absolute atomic E-state index is 0.0321. The molecule has 488 valence electrons. The van der Waals surface area contributed by atoms with Crippen LogP contribution in [0.3, 0.4) is 0 Å². The molecule has 0 aliphatic carbocycles. The van der Waals surface area contributed by atoms with Crippen molar-refractivity contribution in [2.24, 2.45) is 34.6 Å². The molecule has 30 heteroatoms. The lowest BCUT2D eigenvalue weighted by atomic mass is 10.00. The van der Waals surface area contributed by atoms with Crippen LogP contribution in [0.5, 0.6) is 0 Å². The molecule has 11 atom stereocenters. The third-order valence-electron chi connectivity index (χ3n) is 14.2. The molecule has 1 fully saturated rings. The Bertz CT molecular complexity index is 2850. The Morgan fingerprint density at radius 2 is 1.03 bits per heavy atom. The predicted octanol–water partition coefficient (Wildman–Crippen LogP) is -4.52. The first-order valence-electron chi connectivity index (χ1n) is 29.6. The quantitative estimate of drug-likeness (QED) is 0.0402. The largest absolute Gasteiger partial charge is 0.391 e. The van der Waals surface area contributed by atoms with Crippen molar-refractivity contribution < 1.29 is 63.0 Å². The van der Waals surface area contributed by atoms with Crippen molar-refractivity contribution in [3.05, 3.63) is 90.5 Å². The lowest BCUT2D eigenvalue weighted by molar-refractivity contribution is -0.148. The summed E-state index contributed by atoms with van der Waals surface area (Å²) in [5.74, 6) is -10.2. The van der Waals surface area contributed by atoms with Crippen LogP contribution in [0.4, 0.5) is 10.5 Å². The SMILES string of the molecule is CC(C)C[C@@H]1NC(=O)[C@@H](Cc2ccccc2)NC(=O)[C@H](CCN)NC(=O)[C@@H](NC(=O)[C@H](CCN)NC(=O)[C@@H](NC(=O)[C@H](CCN)NC(=O)Nc2ccc(-c3ccccc3)cc2)[C@@H](C)O)CCNC(=O)[C@](C)(O)NC(=O)[C@H](CCN)NC(=O)[C@H](CCN)NC1=O. The Labute approximate surface area is 516 Å². The molecule has 1 heterocycles. The average Bonchev–Trinajstić information content (AvgIpc) is 3.67. The number of anilines is 1. The number of nitrogens with one attached hydrogen (secondary N) is 12. The van der Waals surface area contributed by atoms with Crippen molar-refractivity contribution in [2.45, 2.75) is 145 Å². The van der Waals surface area contributed by atoms with Crippen molar-refractivity contribution >= 4 is 70.8 Å². The molecule has 0 aromatic heterocycles. The average molecular weight is 1240 g/mol. The topological polar surface area (TPSA) is 503 Å². The molecule has 24 N–H and O–H groups in total. The number of rotatable bonds is 24. The smallest absolute Gasteiger partial charge is 0.319 e. The van der Waals surface area contributed by atoms with Gasteiger partial charge in [-0.1, -0.05) is 86.6 Å². The van der Waals surface area contributed by atoms with E-state index in [0.29, 0.717) is 11.3 Å². The van der Waals surface area contributed by atoms with Gasteiger partial charge in [-0.25, -0.2) is 4.79 Å². The highest BCUT2D eigenvalue weighted by molar-refractivity contribution is 6.00. The number of carbonyl (C=O) groups excluding carboxylic acids is 11. The zero-order valence-corrected chi connectivity index (χ0v) is 50.6. The van der Waals surface area contributed by atoms with Gasteiger partial charge in [0, 0.05) is 18.7 Å². The Balaban J connectivity index is 1.66. The van der Waals surface area contributed by atoms with E-state index in [1.807, 2.05) is 30.3 Å². The first-order chi connectivity index (χ1) is 42.3. The maximum Gasteiger partial charge on any atom is 0.319 e. The van der Waals surface area contributed by atoms with Crippen LogP contribution in [0.2, 0.25) is 0 Å². The Hall–Kier alpha value is -8.65. The van der Waals surface area contributed by atoms with Crippen molar-refractivity contribution in [3.8, 4) is 11.1 Å². The minimum atomic E-state index is -2.71. The molecular weight excluding hydrogens is 1150 g/mol. The highest BCUT2D eigenvalue weighted by Crippen LogP contribution is 2.21. The van der Waals surface area contributed by atoms with E-state index in [-0.39, 0.29) is 83.6 Å². The van der Waals surface area contributed by atoms with Gasteiger partial charge in [-0.05, 0) is 126 Å². The monoisotopic (exact) mass is 1240 g/mol. The minimum Gasteiger partial charge on any atom is -0.391 e. The number of aliphatic hydroxyl groups excluding tert-OH is 1. The summed E-state index contributed by atoms with van der Waals surface area (Å²) in [7, 11) is 0. The van der Waals surface area contributed by atoms with Crippen LogP contribution in [0.15, 0.2) is 84.9 Å². The maximum absolute atomic E-state index is 14.5. The Morgan fingerprint density at radius 3 is 1.56 bits per heavy atom. The molecule has 0 unspecified atom stereocenters. The van der Waals surface area contributed by atoms with Gasteiger partial charge in [0.25, 0.3) is 5.91 Å². The van der Waals surface area contributed by atoms with Gasteiger partial charge in [0.05, 0.1) is 6.10 Å². The molecule has 1 aliphatic heterocycles. The number of amides is 12. The van der Waals surface area contributed by atoms with Crippen LogP contribution in [0, 0.1) is 5.92 Å². The van der Waals surface area contributed by atoms with Gasteiger partial charge in [0.1, 0.15) is 54.4 Å². The second-order valence-corrected chi connectivity index (χ2v) is 22.1. The summed E-state index contributed by atoms with van der Waals surface area (Å²) >= 11 is 0. The van der Waals surface area contributed by atoms with Crippen molar-refractivity contribution in [1.29, 1.82) is 0 Å². The molecule has 0 saturated carbocycles. The van der Waals surface area contributed by atoms with Crippen LogP contribution in [0.1, 0.15) is 78.2 Å². The second-order valence-electron chi connectivity index (χ2n) is 22.1. The summed E-state index contributed by atoms with van der Waals surface area (Å²) in [5.41, 5.74) is 29.4. The summed E-state index contributed by atoms with van der Waals surface area (Å²) in [6.45, 7) is 4.23. The molecule has 3 aromatic carbocycles. The molecule has 89 heavy (non-hydrogen) atoms. The Morgan fingerprint density at radius 1 is 0.562 bits per heavy atom. The lowest BCUT2D eigenvalue weighted by Gasteiger charge is -2.29. The highest BCUT2D eigenvalue weighted by atomic mass is 16.3. The summed E-state index contributed by atoms with van der Waals surface area (Å²) in [5, 5.41) is 52.2. The van der Waals surface area contributed by atoms with E-state index in [1.54, 1.807) is 68.4 Å². The van der Waals surface area contributed by atoms with E-state index in [2.05, 4.69) is 63.8 Å². The van der Waals surface area contributed by atoms with Gasteiger partial charge in [-0.15, -0.1) is 0 Å². The number of hydrogen-bond donors (Lipinski definition) is 19. The first kappa shape index (κ1) is 72.8. The van der Waals surface area contributed by atoms with E-state index in [0.717, 1.165) is 18.1 Å². The zero-order chi connectivity index (χ0) is 65.8. The van der Waals surface area contributed by atoms with Gasteiger partial charge in [0.15, 0.2) is 0 Å². The predicted molar refractivity (Wildman–Crippen MR) is 329 cm³/mol. The van der Waals surface area contributed by atoms with E-state index in [4.69, 9.17) is 28.7 Å². The molecule has 3 aromatic rings. The van der Waals surface area contributed by atoms with Crippen LogP contribution >= 0.6 is 0 Å². The number of urea groups is 1. The maximum atomic E-state index is 14.5. The molecule has 30 nitrogen and oxygen atoms in total. The van der Waals surface area contributed by atoms with Crippen LogP contribution < -0.4 is 92.5 Å². The normalized spacial score (nSPS) is 22.4. The van der Waals surface area contributed by atoms with Gasteiger partial charge in [-0.2, -0.15) is 0 Å². The number of carbonyl (C=O) groups is 11. The van der Waals surface area contributed by atoms with Gasteiger partial charge in [0.2, 0.25) is 58.9 Å². The van der Waals surface area contributed by atoms with Gasteiger partial charge in [-0.3, -0.25) is 47.9 Å². The Kier molecular flexibility index (Phi) is 30.0. The van der Waals surface area contributed by atoms with Crippen LogP contribution in [-0.2, 0) is 54.4 Å². The fourth-order valence-corrected chi connectivity index (χ4v) is 9.35. The molecule has 1 aliphatic rings. The highest BCUT2D eigenvalue weighted by Gasteiger charge is 2.39. The molecule has 12 amide bonds. The summed E-state index contributed by atoms with van der Waals surface area (Å²) in [6, 6.07) is 10.6. The number of nitrogens with two attached hydrogens (primary N) is 5. The standard InChI is InChI=1S/C59H89N17O13/c1-33(2)31-45-53(83)68-39(19-25-60)48(78)69-43(23-29-64)55(85)76-59(4,89)57(87)65-30-24-44(51(81)67-40(20-26-61)50(80)73-46(54(84)72-45)32-35-11-7-5-8-12-35)70-49(79)41(21-27-62)71-56(86)47(34(3)77)75-52(82)42(22-28-63)74-58(88)66-38-17-15-37(16-18-38)36-13-9-6-10-14-36/h5-18,33-34,39-47,77,89H,19-32,60-64H2,1-4H3,(H,65,87)(H,67,81)(H,68,83)(H,69,78)(H,70,79)(H,71,86)(H,72,84)(H,73,80)(H,75,82)(H,76,85)(H2,66,74,88)/t34-,39+,40+,41+,42+,43+,44+,45+,46-,47+,59+/m1/s1. The molecule has 0 spiro atoms. The third kappa shape index (κ3) is 23.8. The molecule has 1 saturated heterocycles. The van der Waals surface area contributed by atoms with Gasteiger partial charge < -0.3 is 103 Å². The fraction of sp³-hybridized carbons (Fsp3) is 0.508. The zero-order valence-electron chi connectivity index (χ0n) is 50.6. The molecular formula is C59H89N17O13. The van der Waals surface area contributed by atoms with Crippen LogP contribution in [0.25, 0.3) is 11.1 Å². The second kappa shape index (κ2) is 36.6. The number of aliphatic hydroxyl groups is 2. The van der Waals surface area contributed by atoms with E-state index in [1.165, 1.54) is 6.92 Å². The van der Waals surface area contributed by atoms with Crippen molar-refractivity contribution in [1.82, 2.24) is 58.5 Å². The first-order valence-corrected chi connectivity index (χ1v) is 29.6. The fourth-order valence-electron chi connectivity index (χ4n) is 9.35. The van der Waals surface area contributed by atoms with Crippen LogP contribution in [-0.4, -0.2) is 181 Å². The van der Waals surface area contributed by atoms with E-state index >= 15 is 0 Å². The van der Waals surface area contributed by atoms with E-state index < -0.39 is 144 Å². The summed E-state index contributed by atoms with van der Waals surface area (Å²) in [6.07, 6.45) is -3.28. The van der Waals surface area contributed by atoms with Gasteiger partial charge >= 0.3 is 6.03 Å². The van der Waals surface area contributed by atoms with Crippen molar-refractivity contribution in [3.63, 3.8) is 0 Å². The molecule has 0 radical (unpaired) electrons. The number of hydrogen-bond acceptors (Lipinski definition) is 18. The lowest BCUT2D eigenvalue weighted by Crippen LogP contribution is -2.63.